The van der Waals surface area contributed by atoms with E-state index < -0.39 is 10.2 Å². The molecule has 2 N–H and O–H groups in total. The molecule has 2 heterocycles. The molecule has 0 aliphatic carbocycles. The van der Waals surface area contributed by atoms with E-state index in [0.29, 0.717) is 38.6 Å². The fourth-order valence-corrected chi connectivity index (χ4v) is 4.77. The third-order valence-electron chi connectivity index (χ3n) is 4.73. The molecule has 2 rings (SSSR count). The molecule has 2 aliphatic heterocycles. The van der Waals surface area contributed by atoms with E-state index in [1.54, 1.807) is 11.4 Å². The van der Waals surface area contributed by atoms with Gasteiger partial charge in [0.1, 0.15) is 0 Å². The first kappa shape index (κ1) is 17.1. The predicted molar refractivity (Wildman–Crippen MR) is 85.2 cm³/mol. The van der Waals surface area contributed by atoms with Crippen LogP contribution in [0.2, 0.25) is 0 Å². The van der Waals surface area contributed by atoms with Crippen molar-refractivity contribution in [2.75, 3.05) is 46.3 Å². The van der Waals surface area contributed by atoms with Crippen molar-refractivity contribution in [2.24, 2.45) is 5.73 Å². The van der Waals surface area contributed by atoms with Crippen LogP contribution in [0.5, 0.6) is 0 Å². The Morgan fingerprint density at radius 3 is 2.29 bits per heavy atom. The zero-order valence-electron chi connectivity index (χ0n) is 13.2. The number of hydrogen-bond donors (Lipinski definition) is 1. The van der Waals surface area contributed by atoms with E-state index in [1.165, 1.54) is 36.7 Å². The van der Waals surface area contributed by atoms with Gasteiger partial charge in [-0.15, -0.1) is 0 Å². The number of nitrogens with two attached hydrogens (primary N) is 1. The molecule has 0 bridgehead atoms. The summed E-state index contributed by atoms with van der Waals surface area (Å²) in [6.45, 7) is 4.70. The highest BCUT2D eigenvalue weighted by Crippen LogP contribution is 2.23. The molecular formula is C14H30N4O2S. The van der Waals surface area contributed by atoms with Crippen molar-refractivity contribution < 1.29 is 8.42 Å². The molecule has 0 atom stereocenters. The summed E-state index contributed by atoms with van der Waals surface area (Å²) in [5, 5.41) is 0. The first-order valence-electron chi connectivity index (χ1n) is 8.21. The molecule has 2 saturated heterocycles. The lowest BCUT2D eigenvalue weighted by Crippen LogP contribution is -2.51. The second-order valence-corrected chi connectivity index (χ2v) is 8.23. The van der Waals surface area contributed by atoms with Crippen molar-refractivity contribution in [1.29, 1.82) is 0 Å². The maximum absolute atomic E-state index is 12.5. The van der Waals surface area contributed by atoms with Crippen LogP contribution in [0.15, 0.2) is 0 Å². The molecule has 2 fully saturated rings. The Bertz CT molecular complexity index is 401. The molecule has 7 heteroatoms. The van der Waals surface area contributed by atoms with Crippen LogP contribution in [-0.2, 0) is 10.2 Å². The summed E-state index contributed by atoms with van der Waals surface area (Å²) < 4.78 is 28.0. The Morgan fingerprint density at radius 1 is 1.10 bits per heavy atom. The van der Waals surface area contributed by atoms with Gasteiger partial charge in [-0.3, -0.25) is 0 Å². The Morgan fingerprint density at radius 2 is 1.71 bits per heavy atom. The molecule has 0 spiro atoms. The molecule has 0 saturated carbocycles. The van der Waals surface area contributed by atoms with E-state index in [1.807, 2.05) is 0 Å². The van der Waals surface area contributed by atoms with Crippen molar-refractivity contribution in [3.05, 3.63) is 0 Å². The van der Waals surface area contributed by atoms with Gasteiger partial charge in [-0.1, -0.05) is 6.42 Å². The Hall–Kier alpha value is -0.210. The third kappa shape index (κ3) is 4.39. The van der Waals surface area contributed by atoms with Crippen LogP contribution in [-0.4, -0.2) is 74.3 Å². The van der Waals surface area contributed by atoms with Gasteiger partial charge in [0.2, 0.25) is 0 Å². The standard InChI is InChI=1S/C14H30N4O2S/c1-16(9-5-8-15)21(19,20)18-12-6-14(7-13-18)17-10-3-2-4-11-17/h14H,2-13,15H2,1H3. The summed E-state index contributed by atoms with van der Waals surface area (Å²) in [4.78, 5) is 2.56. The van der Waals surface area contributed by atoms with Crippen molar-refractivity contribution in [1.82, 2.24) is 13.5 Å². The highest BCUT2D eigenvalue weighted by molar-refractivity contribution is 7.86. The Kier molecular flexibility index (Phi) is 6.43. The van der Waals surface area contributed by atoms with Gasteiger partial charge in [-0.2, -0.15) is 17.0 Å². The van der Waals surface area contributed by atoms with Gasteiger partial charge in [0.05, 0.1) is 0 Å². The fourth-order valence-electron chi connectivity index (χ4n) is 3.35. The van der Waals surface area contributed by atoms with Gasteiger partial charge in [0, 0.05) is 32.7 Å². The van der Waals surface area contributed by atoms with E-state index in [4.69, 9.17) is 5.73 Å². The van der Waals surface area contributed by atoms with Gasteiger partial charge >= 0.3 is 0 Å². The van der Waals surface area contributed by atoms with Crippen molar-refractivity contribution in [3.63, 3.8) is 0 Å². The van der Waals surface area contributed by atoms with Crippen LogP contribution >= 0.6 is 0 Å². The van der Waals surface area contributed by atoms with Gasteiger partial charge in [0.25, 0.3) is 10.2 Å². The van der Waals surface area contributed by atoms with Crippen LogP contribution in [0.25, 0.3) is 0 Å². The lowest BCUT2D eigenvalue weighted by Gasteiger charge is -2.40. The molecule has 6 nitrogen and oxygen atoms in total. The lowest BCUT2D eigenvalue weighted by atomic mass is 10.0. The number of nitrogens with zero attached hydrogens (tertiary/aromatic N) is 3. The minimum atomic E-state index is -3.30. The zero-order valence-corrected chi connectivity index (χ0v) is 14.0. The first-order chi connectivity index (χ1) is 10.1. The van der Waals surface area contributed by atoms with Crippen LogP contribution in [0.4, 0.5) is 0 Å². The highest BCUT2D eigenvalue weighted by Gasteiger charge is 2.32. The second-order valence-electron chi connectivity index (χ2n) is 6.20. The van der Waals surface area contributed by atoms with Crippen LogP contribution in [0, 0.1) is 0 Å². The molecular weight excluding hydrogens is 288 g/mol. The highest BCUT2D eigenvalue weighted by atomic mass is 32.2. The molecule has 124 valence electrons. The SMILES string of the molecule is CN(CCCN)S(=O)(=O)N1CCC(N2CCCCC2)CC1. The fraction of sp³-hybridized carbons (Fsp3) is 1.00. The van der Waals surface area contributed by atoms with E-state index in [9.17, 15) is 8.42 Å². The minimum absolute atomic E-state index is 0.505. The van der Waals surface area contributed by atoms with Gasteiger partial charge in [0.15, 0.2) is 0 Å². The van der Waals surface area contributed by atoms with Crippen molar-refractivity contribution in [2.45, 2.75) is 44.6 Å². The quantitative estimate of drug-likeness (QED) is 0.772. The topological polar surface area (TPSA) is 69.9 Å². The summed E-state index contributed by atoms with van der Waals surface area (Å²) >= 11 is 0. The molecule has 0 amide bonds. The van der Waals surface area contributed by atoms with Gasteiger partial charge < -0.3 is 10.6 Å². The van der Waals surface area contributed by atoms with E-state index in [0.717, 1.165) is 12.8 Å². The average molecular weight is 318 g/mol. The molecule has 0 aromatic rings. The molecule has 21 heavy (non-hydrogen) atoms. The predicted octanol–water partition coefficient (Wildman–Crippen LogP) is 0.462. The Balaban J connectivity index is 1.84. The van der Waals surface area contributed by atoms with E-state index in [2.05, 4.69) is 4.90 Å². The smallest absolute Gasteiger partial charge is 0.281 e. The monoisotopic (exact) mass is 318 g/mol. The molecule has 0 radical (unpaired) electrons. The lowest BCUT2D eigenvalue weighted by molar-refractivity contribution is 0.116. The van der Waals surface area contributed by atoms with Gasteiger partial charge in [-0.05, 0) is 51.7 Å². The summed E-state index contributed by atoms with van der Waals surface area (Å²) in [7, 11) is -1.64. The maximum Gasteiger partial charge on any atom is 0.281 e. The molecule has 0 aromatic carbocycles. The van der Waals surface area contributed by atoms with Gasteiger partial charge in [-0.25, -0.2) is 0 Å². The summed E-state index contributed by atoms with van der Waals surface area (Å²) in [6, 6.07) is 0.575. The first-order valence-corrected chi connectivity index (χ1v) is 9.61. The third-order valence-corrected chi connectivity index (χ3v) is 6.72. The molecule has 2 aliphatic rings. The zero-order chi connectivity index (χ0) is 15.3. The van der Waals surface area contributed by atoms with Crippen molar-refractivity contribution >= 4 is 10.2 Å². The Labute approximate surface area is 129 Å². The van der Waals surface area contributed by atoms with Crippen LogP contribution < -0.4 is 5.73 Å². The molecule has 0 aromatic heterocycles. The van der Waals surface area contributed by atoms with E-state index >= 15 is 0 Å². The average Bonchev–Trinajstić information content (AvgIpc) is 2.53. The minimum Gasteiger partial charge on any atom is -0.330 e. The summed E-state index contributed by atoms with van der Waals surface area (Å²) in [5.74, 6) is 0. The summed E-state index contributed by atoms with van der Waals surface area (Å²) in [6.07, 6.45) is 6.56. The van der Waals surface area contributed by atoms with E-state index in [-0.39, 0.29) is 0 Å². The maximum atomic E-state index is 12.5. The largest absolute Gasteiger partial charge is 0.330 e. The second kappa shape index (κ2) is 7.87. The number of rotatable bonds is 6. The van der Waals surface area contributed by atoms with Crippen molar-refractivity contribution in [3.8, 4) is 0 Å². The normalized spacial score (nSPS) is 23.8. The number of likely N-dealkylation sites (tertiary alicyclic amines) is 1. The summed E-state index contributed by atoms with van der Waals surface area (Å²) in [5.41, 5.74) is 5.46. The van der Waals surface area contributed by atoms with Crippen LogP contribution in [0.1, 0.15) is 38.5 Å². The molecule has 0 unspecified atom stereocenters. The van der Waals surface area contributed by atoms with Crippen LogP contribution in [0.3, 0.4) is 0 Å². The number of hydrogen-bond acceptors (Lipinski definition) is 4. The number of piperidine rings is 2.